The number of hydrogen-bond acceptors (Lipinski definition) is 4. The van der Waals surface area contributed by atoms with E-state index in [1.165, 1.54) is 12.1 Å². The summed E-state index contributed by atoms with van der Waals surface area (Å²) >= 11 is 0. The first-order chi connectivity index (χ1) is 17.3. The number of hydroxylamine groups is 1. The Morgan fingerprint density at radius 3 is 2.14 bits per heavy atom. The quantitative estimate of drug-likeness (QED) is 0.227. The van der Waals surface area contributed by atoms with Gasteiger partial charge in [0.25, 0.3) is 0 Å². The highest BCUT2D eigenvalue weighted by Gasteiger charge is 2.31. The standard InChI is InChI=1S/C26H33F3N4O3/c27-26(28,29)20-11-13-22(14-12-20)33(21-8-4-3-5-9-21)23-15-18-32(19-16-23)25(35)30-17-7-2-1-6-10-24(34)31-36/h3-5,8-9,11-14,23,36H,1-2,6-7,10,15-19H2,(H,30,35)(H,31,34). The van der Waals surface area contributed by atoms with Gasteiger partial charge in [-0.3, -0.25) is 10.0 Å². The third-order valence-electron chi connectivity index (χ3n) is 6.36. The number of unbranched alkanes of at least 4 members (excludes halogenated alkanes) is 3. The first kappa shape index (κ1) is 27.3. The van der Waals surface area contributed by atoms with Gasteiger partial charge in [-0.15, -0.1) is 0 Å². The summed E-state index contributed by atoms with van der Waals surface area (Å²) in [6.45, 7) is 1.65. The van der Waals surface area contributed by atoms with Crippen LogP contribution in [0.1, 0.15) is 50.5 Å². The second-order valence-corrected chi connectivity index (χ2v) is 8.90. The Balaban J connectivity index is 1.51. The molecule has 3 amide bonds. The van der Waals surface area contributed by atoms with Crippen molar-refractivity contribution in [3.63, 3.8) is 0 Å². The van der Waals surface area contributed by atoms with Crippen LogP contribution in [-0.4, -0.2) is 47.7 Å². The molecule has 1 aliphatic rings. The predicted octanol–water partition coefficient (Wildman–Crippen LogP) is 5.47. The molecule has 10 heteroatoms. The Labute approximate surface area is 209 Å². The molecule has 2 aromatic carbocycles. The van der Waals surface area contributed by atoms with Crippen LogP contribution in [0.2, 0.25) is 0 Å². The molecule has 3 rings (SSSR count). The summed E-state index contributed by atoms with van der Waals surface area (Å²) in [6, 6.07) is 14.7. The van der Waals surface area contributed by atoms with E-state index in [0.717, 1.165) is 37.1 Å². The number of anilines is 2. The van der Waals surface area contributed by atoms with Gasteiger partial charge in [-0.2, -0.15) is 13.2 Å². The maximum absolute atomic E-state index is 13.0. The minimum atomic E-state index is -4.38. The number of alkyl halides is 3. The van der Waals surface area contributed by atoms with Crippen molar-refractivity contribution in [3.8, 4) is 0 Å². The van der Waals surface area contributed by atoms with Gasteiger partial charge >= 0.3 is 12.2 Å². The van der Waals surface area contributed by atoms with Crippen molar-refractivity contribution in [2.75, 3.05) is 24.5 Å². The summed E-state index contributed by atoms with van der Waals surface area (Å²) in [5.74, 6) is -0.393. The average Bonchev–Trinajstić information content (AvgIpc) is 2.89. The molecule has 2 aromatic rings. The molecule has 0 radical (unpaired) electrons. The summed E-state index contributed by atoms with van der Waals surface area (Å²) in [6.07, 6.45) is 0.486. The van der Waals surface area contributed by atoms with E-state index < -0.39 is 17.6 Å². The lowest BCUT2D eigenvalue weighted by atomic mass is 10.0. The SMILES string of the molecule is O=C(CCCCCCNC(=O)N1CCC(N(c2ccccc2)c2ccc(C(F)(F)F)cc2)CC1)NO. The molecule has 1 saturated heterocycles. The number of nitrogens with one attached hydrogen (secondary N) is 2. The molecule has 0 aliphatic carbocycles. The largest absolute Gasteiger partial charge is 0.416 e. The predicted molar refractivity (Wildman–Crippen MR) is 131 cm³/mol. The van der Waals surface area contributed by atoms with Gasteiger partial charge in [0, 0.05) is 43.5 Å². The van der Waals surface area contributed by atoms with E-state index in [4.69, 9.17) is 5.21 Å². The van der Waals surface area contributed by atoms with Crippen LogP contribution in [0.4, 0.5) is 29.3 Å². The number of halogens is 3. The summed E-state index contributed by atoms with van der Waals surface area (Å²) in [5, 5.41) is 11.4. The number of para-hydroxylation sites is 1. The van der Waals surface area contributed by atoms with E-state index in [2.05, 4.69) is 10.2 Å². The van der Waals surface area contributed by atoms with Crippen LogP contribution in [-0.2, 0) is 11.0 Å². The van der Waals surface area contributed by atoms with Gasteiger partial charge in [0.05, 0.1) is 5.56 Å². The number of benzene rings is 2. The van der Waals surface area contributed by atoms with Crippen LogP contribution in [0, 0.1) is 0 Å². The lowest BCUT2D eigenvalue weighted by Gasteiger charge is -2.40. The summed E-state index contributed by atoms with van der Waals surface area (Å²) in [5.41, 5.74) is 2.52. The first-order valence-corrected chi connectivity index (χ1v) is 12.3. The fourth-order valence-electron chi connectivity index (χ4n) is 4.42. The van der Waals surface area contributed by atoms with Gasteiger partial charge in [0.15, 0.2) is 0 Å². The van der Waals surface area contributed by atoms with Crippen molar-refractivity contribution in [2.45, 2.75) is 57.2 Å². The highest BCUT2D eigenvalue weighted by molar-refractivity contribution is 5.75. The van der Waals surface area contributed by atoms with Crippen molar-refractivity contribution in [1.29, 1.82) is 0 Å². The van der Waals surface area contributed by atoms with E-state index >= 15 is 0 Å². The van der Waals surface area contributed by atoms with Gasteiger partial charge in [-0.1, -0.05) is 31.0 Å². The number of hydrogen-bond donors (Lipinski definition) is 3. The molecular formula is C26H33F3N4O3. The Morgan fingerprint density at radius 2 is 1.53 bits per heavy atom. The van der Waals surface area contributed by atoms with Crippen LogP contribution in [0.15, 0.2) is 54.6 Å². The number of carbonyl (C=O) groups excluding carboxylic acids is 2. The Morgan fingerprint density at radius 1 is 0.917 bits per heavy atom. The molecule has 1 fully saturated rings. The van der Waals surface area contributed by atoms with Crippen LogP contribution in [0.25, 0.3) is 0 Å². The Kier molecular flexibility index (Phi) is 9.98. The molecule has 0 bridgehead atoms. The van der Waals surface area contributed by atoms with Crippen LogP contribution in [0.5, 0.6) is 0 Å². The third-order valence-corrected chi connectivity index (χ3v) is 6.36. The van der Waals surface area contributed by atoms with Crippen LogP contribution < -0.4 is 15.7 Å². The van der Waals surface area contributed by atoms with E-state index in [-0.39, 0.29) is 18.5 Å². The summed E-state index contributed by atoms with van der Waals surface area (Å²) < 4.78 is 39.1. The minimum absolute atomic E-state index is 0.0457. The summed E-state index contributed by atoms with van der Waals surface area (Å²) in [4.78, 5) is 27.4. The van der Waals surface area contributed by atoms with E-state index in [9.17, 15) is 22.8 Å². The molecule has 3 N–H and O–H groups in total. The number of rotatable bonds is 10. The monoisotopic (exact) mass is 506 g/mol. The van der Waals surface area contributed by atoms with E-state index in [0.29, 0.717) is 44.6 Å². The number of likely N-dealkylation sites (tertiary alicyclic amines) is 1. The fourth-order valence-corrected chi connectivity index (χ4v) is 4.42. The van der Waals surface area contributed by atoms with Gasteiger partial charge in [0.2, 0.25) is 5.91 Å². The summed E-state index contributed by atoms with van der Waals surface area (Å²) in [7, 11) is 0. The van der Waals surface area contributed by atoms with Crippen molar-refractivity contribution in [3.05, 3.63) is 60.2 Å². The van der Waals surface area contributed by atoms with Gasteiger partial charge in [-0.25, -0.2) is 10.3 Å². The number of carbonyl (C=O) groups is 2. The maximum Gasteiger partial charge on any atom is 0.416 e. The van der Waals surface area contributed by atoms with E-state index in [1.807, 2.05) is 30.3 Å². The smallest absolute Gasteiger partial charge is 0.338 e. The van der Waals surface area contributed by atoms with Crippen LogP contribution in [0.3, 0.4) is 0 Å². The van der Waals surface area contributed by atoms with Gasteiger partial charge < -0.3 is 15.1 Å². The average molecular weight is 507 g/mol. The normalized spacial score (nSPS) is 14.4. The lowest BCUT2D eigenvalue weighted by molar-refractivity contribution is -0.137. The van der Waals surface area contributed by atoms with Crippen LogP contribution >= 0.6 is 0 Å². The van der Waals surface area contributed by atoms with Gasteiger partial charge in [0.1, 0.15) is 0 Å². The Hall–Kier alpha value is -3.27. The number of piperidine rings is 1. The topological polar surface area (TPSA) is 84.9 Å². The molecule has 0 saturated carbocycles. The van der Waals surface area contributed by atoms with Crippen molar-refractivity contribution in [1.82, 2.24) is 15.7 Å². The highest BCUT2D eigenvalue weighted by Crippen LogP contribution is 2.35. The first-order valence-electron chi connectivity index (χ1n) is 12.3. The number of urea groups is 1. The zero-order valence-electron chi connectivity index (χ0n) is 20.1. The molecule has 1 aliphatic heterocycles. The number of amides is 3. The highest BCUT2D eigenvalue weighted by atomic mass is 19.4. The fraction of sp³-hybridized carbons (Fsp3) is 0.462. The maximum atomic E-state index is 13.0. The molecular weight excluding hydrogens is 473 g/mol. The molecule has 0 unspecified atom stereocenters. The molecule has 0 aromatic heterocycles. The van der Waals surface area contributed by atoms with Crippen molar-refractivity contribution < 1.29 is 28.0 Å². The lowest BCUT2D eigenvalue weighted by Crippen LogP contribution is -2.48. The van der Waals surface area contributed by atoms with Gasteiger partial charge in [-0.05, 0) is 62.1 Å². The zero-order chi connectivity index (χ0) is 26.0. The molecule has 1 heterocycles. The second-order valence-electron chi connectivity index (χ2n) is 8.90. The third kappa shape index (κ3) is 7.87. The van der Waals surface area contributed by atoms with E-state index in [1.54, 1.807) is 10.4 Å². The molecule has 36 heavy (non-hydrogen) atoms. The molecule has 196 valence electrons. The second kappa shape index (κ2) is 13.2. The number of nitrogens with zero attached hydrogens (tertiary/aromatic N) is 2. The zero-order valence-corrected chi connectivity index (χ0v) is 20.1. The Bertz CT molecular complexity index is 963. The van der Waals surface area contributed by atoms with Crippen molar-refractivity contribution >= 4 is 23.3 Å². The minimum Gasteiger partial charge on any atom is -0.338 e. The molecule has 0 atom stereocenters. The molecule has 0 spiro atoms. The molecule has 7 nitrogen and oxygen atoms in total. The van der Waals surface area contributed by atoms with Crippen molar-refractivity contribution in [2.24, 2.45) is 0 Å².